The third-order valence-corrected chi connectivity index (χ3v) is 3.35. The first kappa shape index (κ1) is 24.2. The molecule has 1 aliphatic heterocycles. The van der Waals surface area contributed by atoms with Gasteiger partial charge in [-0.2, -0.15) is 5.57 Å². The van der Waals surface area contributed by atoms with Gasteiger partial charge in [0.05, 0.1) is 6.61 Å². The Kier molecular flexibility index (Phi) is 9.94. The van der Waals surface area contributed by atoms with Crippen molar-refractivity contribution in [3.63, 3.8) is 0 Å². The van der Waals surface area contributed by atoms with Crippen molar-refractivity contribution in [1.82, 2.24) is 0 Å². The zero-order valence-corrected chi connectivity index (χ0v) is 18.5. The maximum atomic E-state index is 7.58. The summed E-state index contributed by atoms with van der Waals surface area (Å²) in [7, 11) is 0. The van der Waals surface area contributed by atoms with Crippen LogP contribution in [0.5, 0.6) is 5.95 Å². The summed E-state index contributed by atoms with van der Waals surface area (Å²) in [6, 6.07) is 0. The third-order valence-electron chi connectivity index (χ3n) is 3.35. The van der Waals surface area contributed by atoms with Gasteiger partial charge < -0.3 is 42.0 Å². The normalized spacial score (nSPS) is 16.2. The van der Waals surface area contributed by atoms with Crippen LogP contribution in [0.25, 0.3) is 5.57 Å². The summed E-state index contributed by atoms with van der Waals surface area (Å²) in [5, 5.41) is 7.58. The second kappa shape index (κ2) is 11.9. The van der Waals surface area contributed by atoms with Crippen molar-refractivity contribution in [1.29, 1.82) is 0 Å². The third kappa shape index (κ3) is 6.35. The number of carbonyl (C=O) groups excluding carboxylic acids is 1. The number of hydrogen-bond donors (Lipinski definition) is 1. The average molecular weight is 577 g/mol. The molecule has 8 heteroatoms. The number of rotatable bonds is 4. The Balaban J connectivity index is 0.000000771. The Morgan fingerprint density at radius 3 is 2.66 bits per heavy atom. The van der Waals surface area contributed by atoms with Gasteiger partial charge in [0.2, 0.25) is 6.20 Å². The average Bonchev–Trinajstić information content (AvgIpc) is 3.25. The quantitative estimate of drug-likeness (QED) is 0.184. The first-order valence-corrected chi connectivity index (χ1v) is 8.55. The van der Waals surface area contributed by atoms with E-state index in [4.69, 9.17) is 29.8 Å². The maximum absolute atomic E-state index is 7.58. The molecule has 1 aliphatic carbocycles. The van der Waals surface area contributed by atoms with Crippen molar-refractivity contribution in [2.75, 3.05) is 19.8 Å². The Bertz CT molecular complexity index is 953. The van der Waals surface area contributed by atoms with Crippen molar-refractivity contribution >= 4 is 18.3 Å². The zero-order valence-electron chi connectivity index (χ0n) is 16.2. The predicted molar refractivity (Wildman–Crippen MR) is 99.8 cm³/mol. The van der Waals surface area contributed by atoms with Crippen LogP contribution in [0.15, 0.2) is 28.3 Å². The molecule has 2 aliphatic rings. The zero-order chi connectivity index (χ0) is 20.5. The second-order valence-corrected chi connectivity index (χ2v) is 5.33. The number of esters is 1. The van der Waals surface area contributed by atoms with Gasteiger partial charge in [-0.15, -0.1) is 5.57 Å². The van der Waals surface area contributed by atoms with E-state index in [2.05, 4.69) is 19.5 Å². The molecule has 0 amide bonds. The second-order valence-electron chi connectivity index (χ2n) is 5.33. The molecule has 0 bridgehead atoms. The van der Waals surface area contributed by atoms with E-state index in [1.807, 2.05) is 32.4 Å². The van der Waals surface area contributed by atoms with Crippen LogP contribution in [0.2, 0.25) is 0 Å². The summed E-state index contributed by atoms with van der Waals surface area (Å²) >= 11 is 0. The van der Waals surface area contributed by atoms with Crippen molar-refractivity contribution in [2.45, 2.75) is 13.8 Å². The summed E-state index contributed by atoms with van der Waals surface area (Å²) in [5.74, 6) is 2.55. The van der Waals surface area contributed by atoms with Gasteiger partial charge in [-0.05, 0) is 13.8 Å². The molecule has 0 atom stereocenters. The molecule has 0 spiro atoms. The van der Waals surface area contributed by atoms with Gasteiger partial charge in [0, 0.05) is 6.72 Å². The van der Waals surface area contributed by atoms with Crippen molar-refractivity contribution in [3.05, 3.63) is 67.9 Å². The molecule has 0 radical (unpaired) electrons. The molecule has 0 fully saturated rings. The topological polar surface area (TPSA) is 70.2 Å². The van der Waals surface area contributed by atoms with Gasteiger partial charge in [0.1, 0.15) is 6.54 Å². The minimum atomic E-state index is -0.264. The van der Waals surface area contributed by atoms with Gasteiger partial charge in [-0.25, -0.2) is 0 Å². The molecule has 156 valence electrons. The number of ether oxygens (including phenoxy) is 2. The van der Waals surface area contributed by atoms with Crippen LogP contribution in [0, 0.1) is 44.3 Å². The van der Waals surface area contributed by atoms with E-state index >= 15 is 0 Å². The smallest absolute Gasteiger partial charge is 0.691 e. The van der Waals surface area contributed by atoms with E-state index in [1.54, 1.807) is 27.5 Å². The number of hydrogen-bond acceptors (Lipinski definition) is 3. The van der Waals surface area contributed by atoms with E-state index in [0.29, 0.717) is 36.9 Å². The van der Waals surface area contributed by atoms with E-state index in [1.165, 1.54) is 0 Å². The summed E-state index contributed by atoms with van der Waals surface area (Å²) < 4.78 is 25.3. The fourth-order valence-corrected chi connectivity index (χ4v) is 2.29. The Morgan fingerprint density at radius 1 is 1.34 bits per heavy atom. The van der Waals surface area contributed by atoms with Crippen molar-refractivity contribution in [2.24, 2.45) is 0 Å². The molecule has 1 aromatic heterocycles. The number of aliphatic hydroxyl groups excluding tert-OH is 1. The van der Waals surface area contributed by atoms with E-state index in [0.717, 1.165) is 11.1 Å². The van der Waals surface area contributed by atoms with Crippen LogP contribution >= 0.6 is 0 Å². The molecule has 1 aromatic rings. The minimum absolute atomic E-state index is 0. The number of nitrogens with zero attached hydrogens (tertiary/aromatic N) is 2. The number of aromatic nitrogens is 1. The van der Waals surface area contributed by atoms with E-state index in [9.17, 15) is 0 Å². The van der Waals surface area contributed by atoms with Crippen LogP contribution in [-0.4, -0.2) is 42.2 Å². The molecule has 7 nitrogen and oxygen atoms in total. The molecule has 29 heavy (non-hydrogen) atoms. The van der Waals surface area contributed by atoms with E-state index in [-0.39, 0.29) is 27.7 Å². The first-order valence-electron chi connectivity index (χ1n) is 8.55. The van der Waals surface area contributed by atoms with E-state index < -0.39 is 0 Å². The molecule has 0 aromatic carbocycles. The molecule has 0 unspecified atom stereocenters. The molecule has 2 heterocycles. The van der Waals surface area contributed by atoms with Crippen LogP contribution in [0.3, 0.4) is 0 Å². The van der Waals surface area contributed by atoms with Gasteiger partial charge in [-0.3, -0.25) is 27.2 Å². The first-order chi connectivity index (χ1) is 13.5. The van der Waals surface area contributed by atoms with Crippen LogP contribution in [-0.2, 0) is 30.2 Å². The Morgan fingerprint density at radius 2 is 2.03 bits per heavy atom. The molecule has 1 N–H and O–H groups in total. The molecular weight excluding hydrogens is 555 g/mol. The minimum Gasteiger partial charge on any atom is -0.691 e. The van der Waals surface area contributed by atoms with Crippen LogP contribution < -0.4 is 14.5 Å². The van der Waals surface area contributed by atoms with Crippen molar-refractivity contribution in [3.8, 4) is 11.9 Å². The number of allylic oxidation sites excluding steroid dienone is 2. The molecular formula is C21H22N2O5Pt. The molecule has 0 saturated heterocycles. The Labute approximate surface area is 184 Å². The standard InChI is InChI=1S/C18H19N2O4.C3H3O.Pt/c1-5-21-15-11-19(3)17(23-15)13-8-7-9-14(10-13)18-20(4)12-16(24-18)22-6-2;1-2-3-4;/h7-9,11-12H,3-6H2,1-2H3;4H,3H2;/q2*-1;+2/b17-13+;;. The van der Waals surface area contributed by atoms with Crippen molar-refractivity contribution < 1.29 is 53.3 Å². The maximum Gasteiger partial charge on any atom is 2.00 e. The van der Waals surface area contributed by atoms with Crippen LogP contribution in [0.1, 0.15) is 13.8 Å². The number of aliphatic hydroxyl groups is 1. The van der Waals surface area contributed by atoms with Gasteiger partial charge >= 0.3 is 38.5 Å². The Hall–Kier alpha value is -2.81. The summed E-state index contributed by atoms with van der Waals surface area (Å²) in [6.07, 6.45) is 17.0. The summed E-state index contributed by atoms with van der Waals surface area (Å²) in [5.41, 5.74) is 1.98. The predicted octanol–water partition coefficient (Wildman–Crippen LogP) is 0.303. The fraction of sp³-hybridized carbons (Fsp3) is 0.238. The van der Waals surface area contributed by atoms with Crippen LogP contribution in [0.4, 0.5) is 0 Å². The SMILES string of the molecule is C=[N+]1[CH-]C(OCC)=[O+][C-]1C1=[C-]/C(=c2/[o+]c(OCC)[cH-][n+]2=C)[CH-]C=C1.[C-]#CCO.[Pt+2]. The van der Waals surface area contributed by atoms with Gasteiger partial charge in [0.15, 0.2) is 13.2 Å². The molecule has 3 rings (SSSR count). The monoisotopic (exact) mass is 577 g/mol. The van der Waals surface area contributed by atoms with Gasteiger partial charge in [0.25, 0.3) is 6.23 Å². The largest absolute Gasteiger partial charge is 2.00 e. The molecule has 0 saturated carbocycles. The van der Waals surface area contributed by atoms with Gasteiger partial charge in [-0.1, -0.05) is 6.72 Å². The fourth-order valence-electron chi connectivity index (χ4n) is 2.29. The summed E-state index contributed by atoms with van der Waals surface area (Å²) in [6.45, 7) is 14.1. The summed E-state index contributed by atoms with van der Waals surface area (Å²) in [4.78, 5) is 0. The number of oxazole rings is 1.